The van der Waals surface area contributed by atoms with Crippen molar-refractivity contribution >= 4 is 12.0 Å². The molecule has 6 heteroatoms. The molecule has 2 aliphatic heterocycles. The van der Waals surface area contributed by atoms with E-state index in [1.54, 1.807) is 19.9 Å². The summed E-state index contributed by atoms with van der Waals surface area (Å²) in [5.41, 5.74) is -1.94. The van der Waals surface area contributed by atoms with E-state index in [2.05, 4.69) is 6.58 Å². The molecule has 0 bridgehead atoms. The Balaban J connectivity index is 2.22. The summed E-state index contributed by atoms with van der Waals surface area (Å²) in [6, 6.07) is -0.272. The molecule has 112 valence electrons. The van der Waals surface area contributed by atoms with Crippen molar-refractivity contribution in [1.29, 1.82) is 0 Å². The van der Waals surface area contributed by atoms with Gasteiger partial charge in [0.25, 0.3) is 5.91 Å². The number of hydrogen-bond donors (Lipinski definition) is 0. The van der Waals surface area contributed by atoms with Crippen molar-refractivity contribution in [3.63, 3.8) is 0 Å². The lowest BCUT2D eigenvalue weighted by atomic mass is 9.89. The van der Waals surface area contributed by atoms with Gasteiger partial charge >= 0.3 is 6.09 Å². The van der Waals surface area contributed by atoms with E-state index in [-0.39, 0.29) is 18.6 Å². The van der Waals surface area contributed by atoms with Crippen molar-refractivity contribution in [3.05, 3.63) is 12.7 Å². The lowest BCUT2D eigenvalue weighted by molar-refractivity contribution is -0.329. The molecule has 2 rings (SSSR count). The topological polar surface area (TPSA) is 65.1 Å². The SMILES string of the molecule is C=C[C@]1(C)C[C@@](C)(C(=O)N2C(=O)OC[C@@H]2C(C)C)OO1. The van der Waals surface area contributed by atoms with Crippen LogP contribution in [0.5, 0.6) is 0 Å². The largest absolute Gasteiger partial charge is 0.447 e. The fourth-order valence-electron chi connectivity index (χ4n) is 2.55. The smallest absolute Gasteiger partial charge is 0.417 e. The van der Waals surface area contributed by atoms with Crippen LogP contribution in [0.15, 0.2) is 12.7 Å². The van der Waals surface area contributed by atoms with E-state index in [9.17, 15) is 9.59 Å². The van der Waals surface area contributed by atoms with Gasteiger partial charge in [-0.15, -0.1) is 6.58 Å². The summed E-state index contributed by atoms with van der Waals surface area (Å²) in [4.78, 5) is 36.1. The number of hydrogen-bond acceptors (Lipinski definition) is 5. The number of ether oxygens (including phenoxy) is 1. The van der Waals surface area contributed by atoms with Gasteiger partial charge in [-0.3, -0.25) is 4.79 Å². The zero-order valence-electron chi connectivity index (χ0n) is 12.3. The quantitative estimate of drug-likeness (QED) is 0.586. The van der Waals surface area contributed by atoms with Gasteiger partial charge in [-0.1, -0.05) is 19.9 Å². The van der Waals surface area contributed by atoms with Crippen LogP contribution >= 0.6 is 0 Å². The number of cyclic esters (lactones) is 1. The van der Waals surface area contributed by atoms with Crippen LogP contribution in [-0.2, 0) is 19.3 Å². The summed E-state index contributed by atoms with van der Waals surface area (Å²) in [6.07, 6.45) is 1.27. The maximum Gasteiger partial charge on any atom is 0.417 e. The van der Waals surface area contributed by atoms with Crippen LogP contribution in [0.1, 0.15) is 34.1 Å². The van der Waals surface area contributed by atoms with Crippen molar-refractivity contribution in [2.45, 2.75) is 51.4 Å². The first-order valence-corrected chi connectivity index (χ1v) is 6.73. The first-order valence-electron chi connectivity index (χ1n) is 6.73. The Kier molecular flexibility index (Phi) is 3.64. The molecule has 2 aliphatic rings. The lowest BCUT2D eigenvalue weighted by Gasteiger charge is -2.29. The molecule has 2 heterocycles. The molecule has 2 saturated heterocycles. The Bertz CT molecular complexity index is 449. The third-order valence-corrected chi connectivity index (χ3v) is 3.88. The second-order valence-electron chi connectivity index (χ2n) is 6.15. The molecule has 0 aromatic heterocycles. The molecule has 3 atom stereocenters. The zero-order valence-corrected chi connectivity index (χ0v) is 12.3. The van der Waals surface area contributed by atoms with Gasteiger partial charge in [-0.2, -0.15) is 0 Å². The summed E-state index contributed by atoms with van der Waals surface area (Å²) >= 11 is 0. The Hall–Kier alpha value is -1.40. The normalized spacial score (nSPS) is 37.4. The van der Waals surface area contributed by atoms with E-state index >= 15 is 0 Å². The van der Waals surface area contributed by atoms with Crippen molar-refractivity contribution in [3.8, 4) is 0 Å². The molecule has 0 N–H and O–H groups in total. The minimum atomic E-state index is -1.21. The average molecular weight is 283 g/mol. The highest BCUT2D eigenvalue weighted by Crippen LogP contribution is 2.39. The van der Waals surface area contributed by atoms with Crippen LogP contribution in [0, 0.1) is 5.92 Å². The maximum absolute atomic E-state index is 12.7. The number of nitrogens with zero attached hydrogens (tertiary/aromatic N) is 1. The van der Waals surface area contributed by atoms with Gasteiger partial charge in [0.15, 0.2) is 5.60 Å². The number of carbonyl (C=O) groups excluding carboxylic acids is 2. The Morgan fingerprint density at radius 2 is 2.10 bits per heavy atom. The molecular weight excluding hydrogens is 262 g/mol. The molecule has 0 aliphatic carbocycles. The minimum Gasteiger partial charge on any atom is -0.447 e. The summed E-state index contributed by atoms with van der Waals surface area (Å²) in [5, 5.41) is 0. The average Bonchev–Trinajstić information content (AvgIpc) is 2.91. The number of carbonyl (C=O) groups is 2. The van der Waals surface area contributed by atoms with E-state index in [0.29, 0.717) is 6.42 Å². The summed E-state index contributed by atoms with van der Waals surface area (Å²) in [5.74, 6) is -0.314. The molecule has 0 aromatic carbocycles. The van der Waals surface area contributed by atoms with Gasteiger partial charge in [0.1, 0.15) is 12.2 Å². The molecule has 20 heavy (non-hydrogen) atoms. The predicted octanol–water partition coefficient (Wildman–Crippen LogP) is 2.05. The van der Waals surface area contributed by atoms with Gasteiger partial charge < -0.3 is 4.74 Å². The molecular formula is C14H21NO5. The van der Waals surface area contributed by atoms with E-state index in [1.165, 1.54) is 0 Å². The fourth-order valence-corrected chi connectivity index (χ4v) is 2.55. The van der Waals surface area contributed by atoms with E-state index in [0.717, 1.165) is 4.90 Å². The van der Waals surface area contributed by atoms with E-state index in [1.807, 2.05) is 13.8 Å². The van der Waals surface area contributed by atoms with E-state index in [4.69, 9.17) is 14.5 Å². The first-order chi connectivity index (χ1) is 9.22. The summed E-state index contributed by atoms with van der Waals surface area (Å²) < 4.78 is 4.99. The second kappa shape index (κ2) is 4.86. The predicted molar refractivity (Wildman–Crippen MR) is 70.6 cm³/mol. The third kappa shape index (κ3) is 2.33. The molecule has 0 aromatic rings. The number of imide groups is 1. The van der Waals surface area contributed by atoms with Gasteiger partial charge in [-0.25, -0.2) is 19.5 Å². The highest BCUT2D eigenvalue weighted by atomic mass is 17.2. The Labute approximate surface area is 118 Å². The van der Waals surface area contributed by atoms with Crippen LogP contribution in [0.3, 0.4) is 0 Å². The molecule has 0 spiro atoms. The van der Waals surface area contributed by atoms with Gasteiger partial charge in [0.2, 0.25) is 0 Å². The molecule has 6 nitrogen and oxygen atoms in total. The first kappa shape index (κ1) is 15.0. The van der Waals surface area contributed by atoms with Crippen molar-refractivity contribution in [2.75, 3.05) is 6.61 Å². The molecule has 2 amide bonds. The molecule has 0 radical (unpaired) electrons. The summed E-state index contributed by atoms with van der Waals surface area (Å²) in [6.45, 7) is 11.2. The van der Waals surface area contributed by atoms with Gasteiger partial charge in [0.05, 0.1) is 6.04 Å². The second-order valence-corrected chi connectivity index (χ2v) is 6.15. The van der Waals surface area contributed by atoms with Crippen molar-refractivity contribution in [1.82, 2.24) is 4.90 Å². The van der Waals surface area contributed by atoms with Crippen LogP contribution in [0.2, 0.25) is 0 Å². The van der Waals surface area contributed by atoms with Crippen molar-refractivity contribution in [2.24, 2.45) is 5.92 Å². The summed E-state index contributed by atoms with van der Waals surface area (Å²) in [7, 11) is 0. The number of rotatable bonds is 3. The Morgan fingerprint density at radius 1 is 1.45 bits per heavy atom. The Morgan fingerprint density at radius 3 is 2.60 bits per heavy atom. The van der Waals surface area contributed by atoms with Crippen LogP contribution in [0.4, 0.5) is 4.79 Å². The zero-order chi connectivity index (χ0) is 15.1. The molecule has 0 unspecified atom stereocenters. The standard InChI is InChI=1S/C14H21NO5/c1-6-13(4)8-14(5,20-19-13)11(16)15-10(9(2)3)7-18-12(15)17/h6,9-10H,1,7-8H2,2-5H3/t10-,13-,14+/m1/s1. The van der Waals surface area contributed by atoms with Crippen LogP contribution in [0.25, 0.3) is 0 Å². The van der Waals surface area contributed by atoms with Crippen LogP contribution in [-0.4, -0.2) is 40.8 Å². The molecule has 2 fully saturated rings. The molecule has 0 saturated carbocycles. The van der Waals surface area contributed by atoms with Crippen LogP contribution < -0.4 is 0 Å². The minimum absolute atomic E-state index is 0.113. The van der Waals surface area contributed by atoms with Gasteiger partial charge in [-0.05, 0) is 19.8 Å². The van der Waals surface area contributed by atoms with E-state index < -0.39 is 23.2 Å². The van der Waals surface area contributed by atoms with Gasteiger partial charge in [0, 0.05) is 6.42 Å². The number of amides is 2. The fraction of sp³-hybridized carbons (Fsp3) is 0.714. The van der Waals surface area contributed by atoms with Crippen molar-refractivity contribution < 1.29 is 24.1 Å². The lowest BCUT2D eigenvalue weighted by Crippen LogP contribution is -2.52. The highest BCUT2D eigenvalue weighted by Gasteiger charge is 2.55. The maximum atomic E-state index is 12.7. The third-order valence-electron chi connectivity index (χ3n) is 3.88. The monoisotopic (exact) mass is 283 g/mol. The highest BCUT2D eigenvalue weighted by molar-refractivity contribution is 5.98.